The Kier molecular flexibility index (Phi) is 5.91. The first-order chi connectivity index (χ1) is 7.52. The van der Waals surface area contributed by atoms with Crippen LogP contribution in [0.2, 0.25) is 0 Å². The lowest BCUT2D eigenvalue weighted by molar-refractivity contribution is -0.385. The molecule has 1 aromatic carbocycles. The van der Waals surface area contributed by atoms with Crippen LogP contribution in [0, 0.1) is 10.1 Å². The monoisotopic (exact) mass is 256 g/mol. The van der Waals surface area contributed by atoms with E-state index < -0.39 is 4.92 Å². The Morgan fingerprint density at radius 3 is 2.47 bits per heavy atom. The number of carbonyl (C=O) groups is 1. The van der Waals surface area contributed by atoms with Crippen LogP contribution in [0.5, 0.6) is 0 Å². The summed E-state index contributed by atoms with van der Waals surface area (Å²) in [6, 6.07) is 5.89. The molecular weight excluding hydrogens is 244 g/mol. The third kappa shape index (κ3) is 4.24. The number of para-hydroxylation sites is 1. The predicted octanol–water partition coefficient (Wildman–Crippen LogP) is 2.27. The van der Waals surface area contributed by atoms with Crippen molar-refractivity contribution in [2.75, 3.05) is 14.1 Å². The van der Waals surface area contributed by atoms with Crippen LogP contribution >= 0.6 is 12.4 Å². The second kappa shape index (κ2) is 6.65. The van der Waals surface area contributed by atoms with Crippen LogP contribution in [0.15, 0.2) is 36.5 Å². The number of hydrogen-bond acceptors (Lipinski definition) is 4. The highest BCUT2D eigenvalue weighted by Crippen LogP contribution is 2.18. The van der Waals surface area contributed by atoms with Gasteiger partial charge in [0.05, 0.1) is 10.5 Å². The van der Waals surface area contributed by atoms with Crippen molar-refractivity contribution in [3.8, 4) is 0 Å². The molecule has 6 heteroatoms. The van der Waals surface area contributed by atoms with Crippen molar-refractivity contribution >= 4 is 23.9 Å². The van der Waals surface area contributed by atoms with Gasteiger partial charge in [0.25, 0.3) is 5.69 Å². The van der Waals surface area contributed by atoms with Crippen molar-refractivity contribution in [1.29, 1.82) is 0 Å². The van der Waals surface area contributed by atoms with Gasteiger partial charge in [0.1, 0.15) is 0 Å². The molecule has 92 valence electrons. The summed E-state index contributed by atoms with van der Waals surface area (Å²) in [5, 5.41) is 10.7. The zero-order valence-corrected chi connectivity index (χ0v) is 10.3. The van der Waals surface area contributed by atoms with Crippen LogP contribution in [-0.4, -0.2) is 29.7 Å². The fourth-order valence-corrected chi connectivity index (χ4v) is 1.15. The number of benzene rings is 1. The van der Waals surface area contributed by atoms with Gasteiger partial charge in [-0.1, -0.05) is 12.1 Å². The average Bonchev–Trinajstić information content (AvgIpc) is 2.25. The van der Waals surface area contributed by atoms with Crippen molar-refractivity contribution in [3.63, 3.8) is 0 Å². The van der Waals surface area contributed by atoms with E-state index in [9.17, 15) is 14.9 Å². The Bertz CT molecular complexity index is 444. The second-order valence-corrected chi connectivity index (χ2v) is 3.42. The summed E-state index contributed by atoms with van der Waals surface area (Å²) < 4.78 is 0. The molecule has 1 rings (SSSR count). The molecular formula is C11H13ClN2O3. The lowest BCUT2D eigenvalue weighted by Gasteiger charge is -2.03. The van der Waals surface area contributed by atoms with E-state index in [0.29, 0.717) is 0 Å². The van der Waals surface area contributed by atoms with Gasteiger partial charge in [-0.25, -0.2) is 0 Å². The van der Waals surface area contributed by atoms with E-state index in [0.717, 1.165) is 0 Å². The van der Waals surface area contributed by atoms with Crippen LogP contribution in [0.4, 0.5) is 5.69 Å². The van der Waals surface area contributed by atoms with E-state index in [-0.39, 0.29) is 29.4 Å². The Morgan fingerprint density at radius 1 is 1.35 bits per heavy atom. The third-order valence-corrected chi connectivity index (χ3v) is 1.89. The number of halogens is 1. The maximum absolute atomic E-state index is 11.7. The molecule has 0 aliphatic heterocycles. The highest BCUT2D eigenvalue weighted by atomic mass is 35.5. The zero-order valence-electron chi connectivity index (χ0n) is 9.49. The Hall–Kier alpha value is -1.88. The minimum Gasteiger partial charge on any atom is -0.383 e. The lowest BCUT2D eigenvalue weighted by atomic mass is 10.1. The van der Waals surface area contributed by atoms with Gasteiger partial charge in [-0.05, 0) is 6.07 Å². The van der Waals surface area contributed by atoms with Crippen LogP contribution in [-0.2, 0) is 0 Å². The molecule has 0 saturated heterocycles. The van der Waals surface area contributed by atoms with Crippen LogP contribution < -0.4 is 0 Å². The van der Waals surface area contributed by atoms with E-state index in [1.165, 1.54) is 24.3 Å². The first-order valence-electron chi connectivity index (χ1n) is 4.64. The molecule has 0 unspecified atom stereocenters. The first kappa shape index (κ1) is 15.1. The minimum absolute atomic E-state index is 0. The predicted molar refractivity (Wildman–Crippen MR) is 67.5 cm³/mol. The molecule has 0 aliphatic rings. The largest absolute Gasteiger partial charge is 0.383 e. The Morgan fingerprint density at radius 2 is 1.94 bits per heavy atom. The van der Waals surface area contributed by atoms with Crippen LogP contribution in [0.1, 0.15) is 10.4 Å². The summed E-state index contributed by atoms with van der Waals surface area (Å²) >= 11 is 0. The number of nitro benzene ring substituents is 1. The molecule has 5 nitrogen and oxygen atoms in total. The number of nitro groups is 1. The molecule has 0 amide bonds. The van der Waals surface area contributed by atoms with E-state index in [4.69, 9.17) is 0 Å². The standard InChI is InChI=1S/C11H12N2O3.ClH/c1-12(2)8-7-11(14)9-5-3-4-6-10(9)13(15)16;/h3-8H,1-2H3;1H. The first-order valence-corrected chi connectivity index (χ1v) is 4.64. The third-order valence-electron chi connectivity index (χ3n) is 1.89. The summed E-state index contributed by atoms with van der Waals surface area (Å²) in [5.41, 5.74) is -0.0680. The molecule has 0 N–H and O–H groups in total. The Labute approximate surface area is 105 Å². The molecule has 0 radical (unpaired) electrons. The molecule has 0 fully saturated rings. The van der Waals surface area contributed by atoms with Gasteiger partial charge in [0, 0.05) is 32.4 Å². The smallest absolute Gasteiger partial charge is 0.280 e. The van der Waals surface area contributed by atoms with E-state index in [1.54, 1.807) is 31.3 Å². The topological polar surface area (TPSA) is 63.5 Å². The van der Waals surface area contributed by atoms with Gasteiger partial charge in [-0.15, -0.1) is 12.4 Å². The molecule has 17 heavy (non-hydrogen) atoms. The minimum atomic E-state index is -0.559. The lowest BCUT2D eigenvalue weighted by Crippen LogP contribution is -2.05. The number of nitrogens with zero attached hydrogens (tertiary/aromatic N) is 2. The van der Waals surface area contributed by atoms with Crippen molar-refractivity contribution in [3.05, 3.63) is 52.2 Å². The molecule has 0 heterocycles. The summed E-state index contributed by atoms with van der Waals surface area (Å²) in [6.07, 6.45) is 2.86. The SMILES string of the molecule is CN(C)C=CC(=O)c1ccccc1[N+](=O)[O-].Cl. The van der Waals surface area contributed by atoms with Crippen LogP contribution in [0.25, 0.3) is 0 Å². The van der Waals surface area contributed by atoms with Gasteiger partial charge in [-0.3, -0.25) is 14.9 Å². The van der Waals surface area contributed by atoms with Gasteiger partial charge in [0.15, 0.2) is 5.78 Å². The van der Waals surface area contributed by atoms with E-state index in [2.05, 4.69) is 0 Å². The molecule has 0 bridgehead atoms. The maximum atomic E-state index is 11.7. The highest BCUT2D eigenvalue weighted by molar-refractivity contribution is 6.07. The van der Waals surface area contributed by atoms with Gasteiger partial charge in [0.2, 0.25) is 0 Å². The van der Waals surface area contributed by atoms with Gasteiger partial charge < -0.3 is 4.90 Å². The quantitative estimate of drug-likeness (QED) is 0.359. The van der Waals surface area contributed by atoms with Gasteiger partial charge in [-0.2, -0.15) is 0 Å². The van der Waals surface area contributed by atoms with Crippen molar-refractivity contribution < 1.29 is 9.72 Å². The fourth-order valence-electron chi connectivity index (χ4n) is 1.15. The van der Waals surface area contributed by atoms with E-state index in [1.807, 2.05) is 0 Å². The number of allylic oxidation sites excluding steroid dienone is 1. The average molecular weight is 257 g/mol. The number of ketones is 1. The summed E-state index contributed by atoms with van der Waals surface area (Å²) in [7, 11) is 3.53. The number of carbonyl (C=O) groups excluding carboxylic acids is 1. The summed E-state index contributed by atoms with van der Waals surface area (Å²) in [5.74, 6) is -0.374. The molecule has 0 saturated carbocycles. The fraction of sp³-hybridized carbons (Fsp3) is 0.182. The van der Waals surface area contributed by atoms with Crippen LogP contribution in [0.3, 0.4) is 0 Å². The Balaban J connectivity index is 0.00000256. The summed E-state index contributed by atoms with van der Waals surface area (Å²) in [4.78, 5) is 23.5. The normalized spacial score (nSPS) is 9.76. The molecule has 0 atom stereocenters. The van der Waals surface area contributed by atoms with E-state index >= 15 is 0 Å². The molecule has 0 aliphatic carbocycles. The molecule has 1 aromatic rings. The number of hydrogen-bond donors (Lipinski definition) is 0. The molecule has 0 aromatic heterocycles. The van der Waals surface area contributed by atoms with Crippen molar-refractivity contribution in [2.45, 2.75) is 0 Å². The van der Waals surface area contributed by atoms with Crippen molar-refractivity contribution in [2.24, 2.45) is 0 Å². The molecule has 0 spiro atoms. The van der Waals surface area contributed by atoms with Crippen molar-refractivity contribution in [1.82, 2.24) is 4.90 Å². The zero-order chi connectivity index (χ0) is 12.1. The second-order valence-electron chi connectivity index (χ2n) is 3.42. The number of rotatable bonds is 4. The maximum Gasteiger partial charge on any atom is 0.280 e. The summed E-state index contributed by atoms with van der Waals surface area (Å²) in [6.45, 7) is 0. The highest BCUT2D eigenvalue weighted by Gasteiger charge is 2.16. The van der Waals surface area contributed by atoms with Gasteiger partial charge >= 0.3 is 0 Å².